The number of aromatic nitrogens is 1. The van der Waals surface area contributed by atoms with Gasteiger partial charge in [-0.2, -0.15) is 0 Å². The molecule has 0 bridgehead atoms. The Morgan fingerprint density at radius 1 is 0.773 bits per heavy atom. The Morgan fingerprint density at radius 2 is 1.55 bits per heavy atom. The number of benzene rings is 3. The van der Waals surface area contributed by atoms with Gasteiger partial charge in [-0.1, -0.05) is 35.9 Å². The minimum absolute atomic E-state index is 0.802. The van der Waals surface area contributed by atoms with Crippen molar-refractivity contribution in [1.82, 2.24) is 4.57 Å². The average Bonchev–Trinajstić information content (AvgIpc) is 2.82. The van der Waals surface area contributed by atoms with Crippen LogP contribution in [-0.4, -0.2) is 4.57 Å². The van der Waals surface area contributed by atoms with Gasteiger partial charge in [-0.25, -0.2) is 0 Å². The van der Waals surface area contributed by atoms with E-state index in [1.165, 1.54) is 38.6 Å². The fraction of sp³-hybridized carbons (Fsp3) is 0.100. The van der Waals surface area contributed by atoms with Gasteiger partial charge >= 0.3 is 0 Å². The Kier molecular flexibility index (Phi) is 2.73. The fourth-order valence-corrected chi connectivity index (χ4v) is 3.31. The van der Waals surface area contributed by atoms with Crippen molar-refractivity contribution in [3.63, 3.8) is 0 Å². The third kappa shape index (κ3) is 1.81. The topological polar surface area (TPSA) is 30.9 Å². The minimum Gasteiger partial charge on any atom is -0.399 e. The van der Waals surface area contributed by atoms with Crippen LogP contribution in [0.25, 0.3) is 27.5 Å². The Morgan fingerprint density at radius 3 is 2.36 bits per heavy atom. The molecule has 108 valence electrons. The van der Waals surface area contributed by atoms with Crippen molar-refractivity contribution in [2.75, 3.05) is 5.73 Å². The lowest BCUT2D eigenvalue weighted by Crippen LogP contribution is -1.97. The molecule has 22 heavy (non-hydrogen) atoms. The molecule has 0 saturated heterocycles. The number of anilines is 1. The second-order valence-electron chi connectivity index (χ2n) is 5.92. The van der Waals surface area contributed by atoms with E-state index in [1.54, 1.807) is 0 Å². The minimum atomic E-state index is 0.802. The van der Waals surface area contributed by atoms with Gasteiger partial charge in [0.25, 0.3) is 0 Å². The predicted molar refractivity (Wildman–Crippen MR) is 94.7 cm³/mol. The summed E-state index contributed by atoms with van der Waals surface area (Å²) in [5, 5.41) is 2.44. The summed E-state index contributed by atoms with van der Waals surface area (Å²) in [6.45, 7) is 4.30. The van der Waals surface area contributed by atoms with Gasteiger partial charge in [0.2, 0.25) is 0 Å². The van der Waals surface area contributed by atoms with Crippen molar-refractivity contribution < 1.29 is 0 Å². The molecule has 0 aliphatic rings. The summed E-state index contributed by atoms with van der Waals surface area (Å²) in [5.41, 5.74) is 13.0. The summed E-state index contributed by atoms with van der Waals surface area (Å²) < 4.78 is 2.33. The van der Waals surface area contributed by atoms with E-state index in [0.29, 0.717) is 0 Å². The number of rotatable bonds is 1. The van der Waals surface area contributed by atoms with Gasteiger partial charge < -0.3 is 10.3 Å². The number of nitrogens with zero attached hydrogens (tertiary/aromatic N) is 1. The average molecular weight is 286 g/mol. The Labute approximate surface area is 129 Å². The normalized spacial score (nSPS) is 11.4. The molecule has 2 nitrogen and oxygen atoms in total. The number of hydrogen-bond donors (Lipinski definition) is 1. The van der Waals surface area contributed by atoms with Crippen LogP contribution in [0.3, 0.4) is 0 Å². The Hall–Kier alpha value is -2.74. The third-order valence-electron chi connectivity index (χ3n) is 4.29. The molecule has 0 atom stereocenters. The zero-order valence-corrected chi connectivity index (χ0v) is 12.8. The van der Waals surface area contributed by atoms with Crippen molar-refractivity contribution in [3.8, 4) is 5.69 Å². The third-order valence-corrected chi connectivity index (χ3v) is 4.29. The molecular formula is C20H18N2. The van der Waals surface area contributed by atoms with Crippen molar-refractivity contribution in [1.29, 1.82) is 0 Å². The van der Waals surface area contributed by atoms with Crippen LogP contribution < -0.4 is 5.73 Å². The quantitative estimate of drug-likeness (QED) is 0.491. The predicted octanol–water partition coefficient (Wildman–Crippen LogP) is 4.98. The Balaban J connectivity index is 2.19. The number of nitrogens with two attached hydrogens (primary N) is 1. The molecule has 0 aliphatic heterocycles. The van der Waals surface area contributed by atoms with Gasteiger partial charge in [0.15, 0.2) is 0 Å². The van der Waals surface area contributed by atoms with Gasteiger partial charge in [-0.3, -0.25) is 0 Å². The monoisotopic (exact) mass is 286 g/mol. The van der Waals surface area contributed by atoms with Crippen molar-refractivity contribution in [3.05, 3.63) is 71.8 Å². The van der Waals surface area contributed by atoms with E-state index in [0.717, 1.165) is 5.69 Å². The van der Waals surface area contributed by atoms with Crippen molar-refractivity contribution in [2.45, 2.75) is 13.8 Å². The van der Waals surface area contributed by atoms with Gasteiger partial charge in [-0.05, 0) is 49.7 Å². The van der Waals surface area contributed by atoms with Crippen LogP contribution in [0.15, 0.2) is 60.7 Å². The number of nitrogen functional groups attached to an aromatic ring is 1. The highest BCUT2D eigenvalue weighted by atomic mass is 15.0. The van der Waals surface area contributed by atoms with Gasteiger partial charge in [-0.15, -0.1) is 0 Å². The molecular weight excluding hydrogens is 268 g/mol. The zero-order valence-electron chi connectivity index (χ0n) is 12.8. The molecule has 0 spiro atoms. The van der Waals surface area contributed by atoms with Crippen LogP contribution >= 0.6 is 0 Å². The smallest absolute Gasteiger partial charge is 0.0542 e. The highest BCUT2D eigenvalue weighted by molar-refractivity contribution is 6.10. The molecule has 1 heterocycles. The maximum absolute atomic E-state index is 6.00. The number of aryl methyl sites for hydroxylation is 2. The lowest BCUT2D eigenvalue weighted by atomic mass is 10.1. The highest BCUT2D eigenvalue weighted by Gasteiger charge is 2.13. The van der Waals surface area contributed by atoms with Crippen LogP contribution in [-0.2, 0) is 0 Å². The maximum Gasteiger partial charge on any atom is 0.0542 e. The van der Waals surface area contributed by atoms with E-state index >= 15 is 0 Å². The first-order valence-corrected chi connectivity index (χ1v) is 7.51. The van der Waals surface area contributed by atoms with Crippen molar-refractivity contribution >= 4 is 27.5 Å². The molecule has 2 heteroatoms. The van der Waals surface area contributed by atoms with Crippen LogP contribution in [0.5, 0.6) is 0 Å². The number of fused-ring (bicyclic) bond motifs is 3. The molecule has 0 aliphatic carbocycles. The first kappa shape index (κ1) is 13.0. The molecule has 0 unspecified atom stereocenters. The van der Waals surface area contributed by atoms with E-state index in [9.17, 15) is 0 Å². The standard InChI is InChI=1S/C20H18N2/c1-13-7-9-18(14(2)11-13)22-19-6-4-3-5-16(19)17-12-15(21)8-10-20(17)22/h3-12H,21H2,1-2H3. The lowest BCUT2D eigenvalue weighted by molar-refractivity contribution is 1.14. The summed E-state index contributed by atoms with van der Waals surface area (Å²) >= 11 is 0. The summed E-state index contributed by atoms with van der Waals surface area (Å²) in [5.74, 6) is 0. The highest BCUT2D eigenvalue weighted by Crippen LogP contribution is 2.34. The second-order valence-corrected chi connectivity index (χ2v) is 5.92. The Bertz CT molecular complexity index is 1010. The van der Waals surface area contributed by atoms with Gasteiger partial charge in [0.1, 0.15) is 0 Å². The summed E-state index contributed by atoms with van der Waals surface area (Å²) in [4.78, 5) is 0. The summed E-state index contributed by atoms with van der Waals surface area (Å²) in [7, 11) is 0. The van der Waals surface area contributed by atoms with Crippen molar-refractivity contribution in [2.24, 2.45) is 0 Å². The number of para-hydroxylation sites is 1. The van der Waals surface area contributed by atoms with Crippen LogP contribution in [0.4, 0.5) is 5.69 Å². The number of hydrogen-bond acceptors (Lipinski definition) is 1. The van der Waals surface area contributed by atoms with Crippen LogP contribution in [0.1, 0.15) is 11.1 Å². The molecule has 3 aromatic carbocycles. The molecule has 1 aromatic heterocycles. The van der Waals surface area contributed by atoms with E-state index in [4.69, 9.17) is 5.73 Å². The largest absolute Gasteiger partial charge is 0.399 e. The summed E-state index contributed by atoms with van der Waals surface area (Å²) in [6, 6.07) is 21.3. The van der Waals surface area contributed by atoms with E-state index in [2.05, 4.69) is 73.0 Å². The van der Waals surface area contributed by atoms with Gasteiger partial charge in [0.05, 0.1) is 11.0 Å². The molecule has 4 rings (SSSR count). The lowest BCUT2D eigenvalue weighted by Gasteiger charge is -2.11. The van der Waals surface area contributed by atoms with E-state index in [-0.39, 0.29) is 0 Å². The van der Waals surface area contributed by atoms with E-state index < -0.39 is 0 Å². The zero-order chi connectivity index (χ0) is 15.3. The first-order chi connectivity index (χ1) is 10.6. The molecule has 2 N–H and O–H groups in total. The van der Waals surface area contributed by atoms with Crippen LogP contribution in [0, 0.1) is 13.8 Å². The van der Waals surface area contributed by atoms with Gasteiger partial charge in [0, 0.05) is 22.1 Å². The van der Waals surface area contributed by atoms with Crippen LogP contribution in [0.2, 0.25) is 0 Å². The second kappa shape index (κ2) is 4.63. The molecule has 4 aromatic rings. The molecule has 0 saturated carbocycles. The summed E-state index contributed by atoms with van der Waals surface area (Å²) in [6.07, 6.45) is 0. The molecule has 0 fully saturated rings. The fourth-order valence-electron chi connectivity index (χ4n) is 3.31. The molecule has 0 radical (unpaired) electrons. The first-order valence-electron chi connectivity index (χ1n) is 7.51. The molecule has 0 amide bonds. The maximum atomic E-state index is 6.00. The van der Waals surface area contributed by atoms with E-state index in [1.807, 2.05) is 6.07 Å². The SMILES string of the molecule is Cc1ccc(-n2c3ccccc3c3cc(N)ccc32)c(C)c1.